The maximum absolute atomic E-state index is 12.2. The van der Waals surface area contributed by atoms with Crippen LogP contribution in [0.25, 0.3) is 0 Å². The Labute approximate surface area is 151 Å². The number of carbonyl (C=O) groups is 2. The molecule has 1 N–H and O–H groups in total. The van der Waals surface area contributed by atoms with Crippen LogP contribution in [0.2, 0.25) is 0 Å². The van der Waals surface area contributed by atoms with E-state index in [2.05, 4.69) is 5.32 Å². The number of carbonyl (C=O) groups excluding carboxylic acids is 2. The normalized spacial score (nSPS) is 15.4. The van der Waals surface area contributed by atoms with Crippen molar-refractivity contribution in [1.82, 2.24) is 0 Å². The van der Waals surface area contributed by atoms with E-state index in [1.54, 1.807) is 4.90 Å². The van der Waals surface area contributed by atoms with E-state index in [9.17, 15) is 9.59 Å². The van der Waals surface area contributed by atoms with E-state index in [1.807, 2.05) is 42.5 Å². The van der Waals surface area contributed by atoms with E-state index in [4.69, 9.17) is 9.47 Å². The molecule has 1 saturated heterocycles. The molecule has 0 bridgehead atoms. The average Bonchev–Trinajstić information content (AvgIpc) is 3.29. The maximum atomic E-state index is 12.2. The third kappa shape index (κ3) is 3.49. The summed E-state index contributed by atoms with van der Waals surface area (Å²) in [4.78, 5) is 25.7. The van der Waals surface area contributed by atoms with Gasteiger partial charge < -0.3 is 19.7 Å². The second-order valence-electron chi connectivity index (χ2n) is 6.43. The third-order valence-electron chi connectivity index (χ3n) is 4.61. The van der Waals surface area contributed by atoms with Crippen molar-refractivity contribution in [3.63, 3.8) is 0 Å². The SMILES string of the molecule is O=C(CCc1ccc2c(c1)OCO2)Nc1ccc(N2CCCC2=O)cc1. The first-order valence-electron chi connectivity index (χ1n) is 8.78. The molecule has 0 radical (unpaired) electrons. The number of anilines is 2. The lowest BCUT2D eigenvalue weighted by atomic mass is 10.1. The molecule has 134 valence electrons. The smallest absolute Gasteiger partial charge is 0.231 e. The highest BCUT2D eigenvalue weighted by Gasteiger charge is 2.21. The fourth-order valence-electron chi connectivity index (χ4n) is 3.22. The zero-order valence-corrected chi connectivity index (χ0v) is 14.4. The van der Waals surface area contributed by atoms with Crippen molar-refractivity contribution in [1.29, 1.82) is 0 Å². The van der Waals surface area contributed by atoms with Gasteiger partial charge in [0.2, 0.25) is 18.6 Å². The molecule has 6 nitrogen and oxygen atoms in total. The molecule has 2 aliphatic heterocycles. The molecule has 0 aromatic heterocycles. The second-order valence-corrected chi connectivity index (χ2v) is 6.43. The van der Waals surface area contributed by atoms with E-state index >= 15 is 0 Å². The monoisotopic (exact) mass is 352 g/mol. The molecule has 6 heteroatoms. The minimum absolute atomic E-state index is 0.0485. The number of fused-ring (bicyclic) bond motifs is 1. The van der Waals surface area contributed by atoms with Crippen LogP contribution in [0.1, 0.15) is 24.8 Å². The quantitative estimate of drug-likeness (QED) is 0.898. The summed E-state index contributed by atoms with van der Waals surface area (Å²) in [6.45, 7) is 1.01. The molecule has 2 aromatic carbocycles. The van der Waals surface area contributed by atoms with Gasteiger partial charge in [-0.1, -0.05) is 6.07 Å². The van der Waals surface area contributed by atoms with Crippen LogP contribution in [0.15, 0.2) is 42.5 Å². The molecular formula is C20H20N2O4. The standard InChI is InChI=1S/C20H20N2O4/c23-19(10-4-14-3-9-17-18(12-14)26-13-25-17)21-15-5-7-16(8-6-15)22-11-1-2-20(22)24/h3,5-9,12H,1-2,4,10-11,13H2,(H,21,23). The fourth-order valence-corrected chi connectivity index (χ4v) is 3.22. The summed E-state index contributed by atoms with van der Waals surface area (Å²) >= 11 is 0. The molecule has 2 amide bonds. The fraction of sp³-hybridized carbons (Fsp3) is 0.300. The number of benzene rings is 2. The molecule has 2 aromatic rings. The van der Waals surface area contributed by atoms with Gasteiger partial charge in [-0.05, 0) is 54.8 Å². The molecule has 26 heavy (non-hydrogen) atoms. The van der Waals surface area contributed by atoms with Gasteiger partial charge in [0, 0.05) is 30.8 Å². The minimum atomic E-state index is -0.0485. The highest BCUT2D eigenvalue weighted by Crippen LogP contribution is 2.32. The average molecular weight is 352 g/mol. The zero-order valence-electron chi connectivity index (χ0n) is 14.4. The molecule has 4 rings (SSSR count). The summed E-state index contributed by atoms with van der Waals surface area (Å²) in [5.74, 6) is 1.59. The number of nitrogens with zero attached hydrogens (tertiary/aromatic N) is 1. The van der Waals surface area contributed by atoms with Crippen LogP contribution in [0, 0.1) is 0 Å². The van der Waals surface area contributed by atoms with E-state index in [1.165, 1.54) is 0 Å². The van der Waals surface area contributed by atoms with Crippen LogP contribution >= 0.6 is 0 Å². The molecule has 0 spiro atoms. The Bertz CT molecular complexity index is 832. The van der Waals surface area contributed by atoms with E-state index < -0.39 is 0 Å². The summed E-state index contributed by atoms with van der Waals surface area (Å²) in [6.07, 6.45) is 2.52. The molecule has 1 fully saturated rings. The summed E-state index contributed by atoms with van der Waals surface area (Å²) in [6, 6.07) is 13.1. The van der Waals surface area contributed by atoms with Gasteiger partial charge in [0.15, 0.2) is 11.5 Å². The van der Waals surface area contributed by atoms with Crippen LogP contribution in [-0.4, -0.2) is 25.2 Å². The molecule has 0 aliphatic carbocycles. The van der Waals surface area contributed by atoms with E-state index in [0.29, 0.717) is 19.3 Å². The lowest BCUT2D eigenvalue weighted by Gasteiger charge is -2.16. The Hall–Kier alpha value is -3.02. The Morgan fingerprint density at radius 1 is 1.08 bits per heavy atom. The van der Waals surface area contributed by atoms with Crippen molar-refractivity contribution in [2.24, 2.45) is 0 Å². The van der Waals surface area contributed by atoms with Crippen molar-refractivity contribution in [3.8, 4) is 11.5 Å². The molecule has 0 atom stereocenters. The van der Waals surface area contributed by atoms with Crippen molar-refractivity contribution in [2.45, 2.75) is 25.7 Å². The highest BCUT2D eigenvalue weighted by molar-refractivity contribution is 5.96. The molecule has 2 aliphatic rings. The van der Waals surface area contributed by atoms with E-state index in [0.717, 1.165) is 41.4 Å². The topological polar surface area (TPSA) is 67.9 Å². The van der Waals surface area contributed by atoms with Gasteiger partial charge in [0.25, 0.3) is 0 Å². The number of amides is 2. The molecular weight excluding hydrogens is 332 g/mol. The first kappa shape index (κ1) is 16.4. The van der Waals surface area contributed by atoms with Gasteiger partial charge in [0.05, 0.1) is 0 Å². The predicted molar refractivity (Wildman–Crippen MR) is 97.5 cm³/mol. The summed E-state index contributed by atoms with van der Waals surface area (Å²) in [7, 11) is 0. The molecule has 2 heterocycles. The number of aryl methyl sites for hydroxylation is 1. The summed E-state index contributed by atoms with van der Waals surface area (Å²) < 4.78 is 10.6. The summed E-state index contributed by atoms with van der Waals surface area (Å²) in [5, 5.41) is 2.90. The van der Waals surface area contributed by atoms with Crippen LogP contribution < -0.4 is 19.7 Å². The first-order valence-corrected chi connectivity index (χ1v) is 8.78. The van der Waals surface area contributed by atoms with Gasteiger partial charge in [-0.25, -0.2) is 0 Å². The van der Waals surface area contributed by atoms with Gasteiger partial charge >= 0.3 is 0 Å². The van der Waals surface area contributed by atoms with Crippen molar-refractivity contribution in [2.75, 3.05) is 23.6 Å². The Balaban J connectivity index is 1.31. The zero-order chi connectivity index (χ0) is 17.9. The number of hydrogen-bond donors (Lipinski definition) is 1. The van der Waals surface area contributed by atoms with Gasteiger partial charge in [-0.15, -0.1) is 0 Å². The lowest BCUT2D eigenvalue weighted by molar-refractivity contribution is -0.117. The van der Waals surface area contributed by atoms with Crippen molar-refractivity contribution >= 4 is 23.2 Å². The Morgan fingerprint density at radius 3 is 2.65 bits per heavy atom. The minimum Gasteiger partial charge on any atom is -0.454 e. The number of rotatable bonds is 5. The van der Waals surface area contributed by atoms with E-state index in [-0.39, 0.29) is 18.6 Å². The van der Waals surface area contributed by atoms with Crippen molar-refractivity contribution < 1.29 is 19.1 Å². The number of hydrogen-bond acceptors (Lipinski definition) is 4. The van der Waals surface area contributed by atoms with Crippen LogP contribution in [0.3, 0.4) is 0 Å². The highest BCUT2D eigenvalue weighted by atomic mass is 16.7. The Morgan fingerprint density at radius 2 is 1.88 bits per heavy atom. The summed E-state index contributed by atoms with van der Waals surface area (Å²) in [5.41, 5.74) is 2.65. The van der Waals surface area contributed by atoms with Gasteiger partial charge in [-0.3, -0.25) is 9.59 Å². The third-order valence-corrected chi connectivity index (χ3v) is 4.61. The largest absolute Gasteiger partial charge is 0.454 e. The number of nitrogens with one attached hydrogen (secondary N) is 1. The second kappa shape index (κ2) is 7.07. The van der Waals surface area contributed by atoms with Crippen LogP contribution in [0.5, 0.6) is 11.5 Å². The first-order chi connectivity index (χ1) is 12.7. The predicted octanol–water partition coefficient (Wildman–Crippen LogP) is 3.11. The lowest BCUT2D eigenvalue weighted by Crippen LogP contribution is -2.23. The number of ether oxygens (including phenoxy) is 2. The maximum Gasteiger partial charge on any atom is 0.231 e. The van der Waals surface area contributed by atoms with Gasteiger partial charge in [-0.2, -0.15) is 0 Å². The molecule has 0 saturated carbocycles. The van der Waals surface area contributed by atoms with Gasteiger partial charge in [0.1, 0.15) is 0 Å². The van der Waals surface area contributed by atoms with Crippen LogP contribution in [-0.2, 0) is 16.0 Å². The van der Waals surface area contributed by atoms with Crippen LogP contribution in [0.4, 0.5) is 11.4 Å². The molecule has 0 unspecified atom stereocenters. The van der Waals surface area contributed by atoms with Crippen molar-refractivity contribution in [3.05, 3.63) is 48.0 Å². The Kier molecular flexibility index (Phi) is 4.48.